The Morgan fingerprint density at radius 3 is 2.58 bits per heavy atom. The zero-order valence-electron chi connectivity index (χ0n) is 11.7. The number of likely N-dealkylation sites (N-methyl/N-ethyl adjacent to an activating group) is 1. The summed E-state index contributed by atoms with van der Waals surface area (Å²) in [6.07, 6.45) is 5.35. The average molecular weight is 389 g/mol. The monoisotopic (exact) mass is 389 g/mol. The number of rotatable bonds is 6. The van der Waals surface area contributed by atoms with Gasteiger partial charge in [-0.1, -0.05) is 19.1 Å². The van der Waals surface area contributed by atoms with Gasteiger partial charge in [0.1, 0.15) is 0 Å². The number of hydrogen-bond donors (Lipinski definition) is 1. The molecule has 2 rings (SSSR count). The summed E-state index contributed by atoms with van der Waals surface area (Å²) in [5.74, 6) is 3.68. The molecule has 1 aliphatic heterocycles. The van der Waals surface area contributed by atoms with Gasteiger partial charge < -0.3 is 5.32 Å². The van der Waals surface area contributed by atoms with Crippen LogP contribution in [0.3, 0.4) is 0 Å². The fourth-order valence-electron chi connectivity index (χ4n) is 2.82. The van der Waals surface area contributed by atoms with Crippen LogP contribution in [0.15, 0.2) is 24.3 Å². The van der Waals surface area contributed by atoms with Crippen molar-refractivity contribution < 1.29 is 0 Å². The first-order chi connectivity index (χ1) is 9.28. The van der Waals surface area contributed by atoms with Gasteiger partial charge in [0.2, 0.25) is 0 Å². The van der Waals surface area contributed by atoms with E-state index in [1.54, 1.807) is 0 Å². The van der Waals surface area contributed by atoms with Gasteiger partial charge in [-0.15, -0.1) is 0 Å². The highest BCUT2D eigenvalue weighted by Gasteiger charge is 2.18. The smallest absolute Gasteiger partial charge is 0.0130 e. The largest absolute Gasteiger partial charge is 0.314 e. The second kappa shape index (κ2) is 8.53. The van der Waals surface area contributed by atoms with Crippen LogP contribution < -0.4 is 5.32 Å². The summed E-state index contributed by atoms with van der Waals surface area (Å²) < 4.78 is 1.32. The SMILES string of the molecule is CCNC(Cc1ccc(I)cc1)CC1CCSCC1. The quantitative estimate of drug-likeness (QED) is 0.727. The fraction of sp³-hybridized carbons (Fsp3) is 0.625. The molecule has 1 heterocycles. The van der Waals surface area contributed by atoms with Gasteiger partial charge in [-0.3, -0.25) is 0 Å². The van der Waals surface area contributed by atoms with Crippen LogP contribution >= 0.6 is 34.4 Å². The van der Waals surface area contributed by atoms with Crippen LogP contribution in [0.5, 0.6) is 0 Å². The maximum atomic E-state index is 3.68. The van der Waals surface area contributed by atoms with Crippen LogP contribution in [0.4, 0.5) is 0 Å². The van der Waals surface area contributed by atoms with Crippen LogP contribution in [-0.2, 0) is 6.42 Å². The number of thioether (sulfide) groups is 1. The van der Waals surface area contributed by atoms with Crippen molar-refractivity contribution in [2.75, 3.05) is 18.1 Å². The predicted octanol–water partition coefficient (Wildman–Crippen LogP) is 4.35. The zero-order chi connectivity index (χ0) is 13.5. The molecule has 19 heavy (non-hydrogen) atoms. The molecule has 1 aromatic carbocycles. The molecule has 1 N–H and O–H groups in total. The van der Waals surface area contributed by atoms with Gasteiger partial charge >= 0.3 is 0 Å². The minimum absolute atomic E-state index is 0.651. The molecule has 1 aromatic rings. The Hall–Kier alpha value is 0.260. The summed E-state index contributed by atoms with van der Waals surface area (Å²) in [6.45, 7) is 3.30. The summed E-state index contributed by atoms with van der Waals surface area (Å²) in [6, 6.07) is 9.65. The molecule has 0 aromatic heterocycles. The zero-order valence-corrected chi connectivity index (χ0v) is 14.7. The first-order valence-electron chi connectivity index (χ1n) is 7.33. The molecular formula is C16H24INS. The molecule has 0 radical (unpaired) electrons. The number of halogens is 1. The van der Waals surface area contributed by atoms with Crippen molar-refractivity contribution >= 4 is 34.4 Å². The van der Waals surface area contributed by atoms with Crippen molar-refractivity contribution in [2.24, 2.45) is 5.92 Å². The van der Waals surface area contributed by atoms with E-state index < -0.39 is 0 Å². The topological polar surface area (TPSA) is 12.0 Å². The lowest BCUT2D eigenvalue weighted by molar-refractivity contribution is 0.366. The molecule has 0 aliphatic carbocycles. The third-order valence-electron chi connectivity index (χ3n) is 3.85. The van der Waals surface area contributed by atoms with Crippen molar-refractivity contribution in [3.05, 3.63) is 33.4 Å². The van der Waals surface area contributed by atoms with E-state index in [1.807, 2.05) is 0 Å². The molecule has 1 nitrogen and oxygen atoms in total. The summed E-state index contributed by atoms with van der Waals surface area (Å²) in [7, 11) is 0. The molecule has 1 unspecified atom stereocenters. The second-order valence-corrected chi connectivity index (χ2v) is 7.85. The van der Waals surface area contributed by atoms with E-state index >= 15 is 0 Å². The fourth-order valence-corrected chi connectivity index (χ4v) is 4.38. The third-order valence-corrected chi connectivity index (χ3v) is 5.61. The minimum Gasteiger partial charge on any atom is -0.314 e. The van der Waals surface area contributed by atoms with Gasteiger partial charge in [-0.05, 0) is 89.9 Å². The molecule has 1 atom stereocenters. The lowest BCUT2D eigenvalue weighted by Gasteiger charge is -2.27. The van der Waals surface area contributed by atoms with E-state index in [0.29, 0.717) is 6.04 Å². The van der Waals surface area contributed by atoms with Crippen LogP contribution in [0.1, 0.15) is 31.7 Å². The van der Waals surface area contributed by atoms with E-state index in [2.05, 4.69) is 70.9 Å². The second-order valence-electron chi connectivity index (χ2n) is 5.38. The normalized spacial score (nSPS) is 18.4. The maximum absolute atomic E-state index is 3.68. The van der Waals surface area contributed by atoms with E-state index in [0.717, 1.165) is 12.5 Å². The molecule has 0 spiro atoms. The molecule has 1 saturated heterocycles. The Morgan fingerprint density at radius 2 is 1.95 bits per heavy atom. The van der Waals surface area contributed by atoms with Crippen LogP contribution in [0.25, 0.3) is 0 Å². The Kier molecular flexibility index (Phi) is 7.02. The van der Waals surface area contributed by atoms with Gasteiger partial charge in [-0.25, -0.2) is 0 Å². The molecule has 0 amide bonds. The Balaban J connectivity index is 1.89. The minimum atomic E-state index is 0.651. The van der Waals surface area contributed by atoms with Gasteiger partial charge in [0.25, 0.3) is 0 Å². The van der Waals surface area contributed by atoms with Crippen molar-refractivity contribution in [3.8, 4) is 0 Å². The van der Waals surface area contributed by atoms with E-state index in [9.17, 15) is 0 Å². The summed E-state index contributed by atoms with van der Waals surface area (Å²) in [5, 5.41) is 3.68. The lowest BCUT2D eigenvalue weighted by Crippen LogP contribution is -2.33. The maximum Gasteiger partial charge on any atom is 0.0130 e. The molecule has 1 fully saturated rings. The average Bonchev–Trinajstić information content (AvgIpc) is 2.43. The highest BCUT2D eigenvalue weighted by Crippen LogP contribution is 2.27. The Labute approximate surface area is 135 Å². The summed E-state index contributed by atoms with van der Waals surface area (Å²) >= 11 is 4.50. The van der Waals surface area contributed by atoms with Crippen molar-refractivity contribution in [1.29, 1.82) is 0 Å². The van der Waals surface area contributed by atoms with Gasteiger partial charge in [-0.2, -0.15) is 11.8 Å². The first-order valence-corrected chi connectivity index (χ1v) is 9.57. The van der Waals surface area contributed by atoms with Gasteiger partial charge in [0.15, 0.2) is 0 Å². The number of hydrogen-bond acceptors (Lipinski definition) is 2. The number of nitrogens with one attached hydrogen (secondary N) is 1. The van der Waals surface area contributed by atoms with E-state index in [1.165, 1.54) is 46.3 Å². The number of benzene rings is 1. The van der Waals surface area contributed by atoms with Crippen molar-refractivity contribution in [3.63, 3.8) is 0 Å². The van der Waals surface area contributed by atoms with E-state index in [-0.39, 0.29) is 0 Å². The predicted molar refractivity (Wildman–Crippen MR) is 95.0 cm³/mol. The molecule has 106 valence electrons. The highest BCUT2D eigenvalue weighted by atomic mass is 127. The van der Waals surface area contributed by atoms with Crippen LogP contribution in [-0.4, -0.2) is 24.1 Å². The van der Waals surface area contributed by atoms with Gasteiger partial charge in [0, 0.05) is 9.61 Å². The third kappa shape index (κ3) is 5.64. The molecule has 0 bridgehead atoms. The van der Waals surface area contributed by atoms with Gasteiger partial charge in [0.05, 0.1) is 0 Å². The van der Waals surface area contributed by atoms with Crippen molar-refractivity contribution in [2.45, 2.75) is 38.6 Å². The summed E-state index contributed by atoms with van der Waals surface area (Å²) in [4.78, 5) is 0. The molecule has 1 aliphatic rings. The summed E-state index contributed by atoms with van der Waals surface area (Å²) in [5.41, 5.74) is 1.47. The van der Waals surface area contributed by atoms with Crippen molar-refractivity contribution in [1.82, 2.24) is 5.32 Å². The van der Waals surface area contributed by atoms with Crippen LogP contribution in [0.2, 0.25) is 0 Å². The lowest BCUT2D eigenvalue weighted by atomic mass is 9.91. The standard InChI is InChI=1S/C16H24INS/c1-2-18-16(12-14-7-9-19-10-8-14)11-13-3-5-15(17)6-4-13/h3-6,14,16,18H,2,7-12H2,1H3. The first kappa shape index (κ1) is 15.6. The van der Waals surface area contributed by atoms with E-state index in [4.69, 9.17) is 0 Å². The van der Waals surface area contributed by atoms with Crippen LogP contribution in [0, 0.1) is 9.49 Å². The Bertz CT molecular complexity index is 360. The Morgan fingerprint density at radius 1 is 1.26 bits per heavy atom. The molecule has 0 saturated carbocycles. The molecule has 3 heteroatoms. The highest BCUT2D eigenvalue weighted by molar-refractivity contribution is 14.1. The molecular weight excluding hydrogens is 365 g/mol.